The van der Waals surface area contributed by atoms with E-state index in [2.05, 4.69) is 42.7 Å². The highest BCUT2D eigenvalue weighted by molar-refractivity contribution is 7.17. The maximum atomic E-state index is 11.9. The van der Waals surface area contributed by atoms with E-state index in [1.165, 1.54) is 23.4 Å². The number of ether oxygens (including phenoxy) is 1. The van der Waals surface area contributed by atoms with E-state index in [4.69, 9.17) is 4.74 Å². The van der Waals surface area contributed by atoms with Gasteiger partial charge in [-0.05, 0) is 35.9 Å². The van der Waals surface area contributed by atoms with Gasteiger partial charge in [0.25, 0.3) is 5.91 Å². The summed E-state index contributed by atoms with van der Waals surface area (Å²) in [5, 5.41) is 10.6. The molecule has 0 aliphatic carbocycles. The van der Waals surface area contributed by atoms with E-state index in [1.807, 2.05) is 18.2 Å². The van der Waals surface area contributed by atoms with Crippen LogP contribution in [-0.4, -0.2) is 51.8 Å². The van der Waals surface area contributed by atoms with Gasteiger partial charge < -0.3 is 20.3 Å². The SMILES string of the molecule is O=C1NCc2cc(-c3cnc(Nc4ccc(N5CCOCC5)cc4)c4ncnn34)sc21. The summed E-state index contributed by atoms with van der Waals surface area (Å²) in [6, 6.07) is 10.3. The average Bonchev–Trinajstić information content (AvgIpc) is 3.53. The molecule has 31 heavy (non-hydrogen) atoms. The largest absolute Gasteiger partial charge is 0.378 e. The molecular formula is C21H19N7O2S. The Morgan fingerprint density at radius 2 is 1.97 bits per heavy atom. The Kier molecular flexibility index (Phi) is 4.32. The van der Waals surface area contributed by atoms with Crippen LogP contribution >= 0.6 is 11.3 Å². The van der Waals surface area contributed by atoms with Gasteiger partial charge >= 0.3 is 0 Å². The molecule has 0 unspecified atom stereocenters. The van der Waals surface area contributed by atoms with Gasteiger partial charge in [-0.3, -0.25) is 4.79 Å². The molecule has 1 aromatic carbocycles. The molecule has 10 heteroatoms. The zero-order valence-electron chi connectivity index (χ0n) is 16.5. The molecule has 0 spiro atoms. The highest BCUT2D eigenvalue weighted by Crippen LogP contribution is 2.34. The van der Waals surface area contributed by atoms with Gasteiger partial charge in [0.15, 0.2) is 11.5 Å². The Hall–Kier alpha value is -3.50. The summed E-state index contributed by atoms with van der Waals surface area (Å²) in [6.45, 7) is 3.91. The predicted octanol–water partition coefficient (Wildman–Crippen LogP) is 2.68. The molecule has 3 aromatic heterocycles. The van der Waals surface area contributed by atoms with Crippen molar-refractivity contribution in [1.82, 2.24) is 24.9 Å². The quantitative estimate of drug-likeness (QED) is 0.511. The summed E-state index contributed by atoms with van der Waals surface area (Å²) in [7, 11) is 0. The molecule has 0 saturated carbocycles. The number of thiophene rings is 1. The summed E-state index contributed by atoms with van der Waals surface area (Å²) in [5.74, 6) is 0.607. The molecule has 1 amide bonds. The normalized spacial score (nSPS) is 15.9. The molecule has 2 aliphatic heterocycles. The first-order valence-electron chi connectivity index (χ1n) is 10.1. The first-order chi connectivity index (χ1) is 15.3. The molecular weight excluding hydrogens is 414 g/mol. The number of rotatable bonds is 4. The van der Waals surface area contributed by atoms with Gasteiger partial charge in [0.2, 0.25) is 0 Å². The zero-order chi connectivity index (χ0) is 20.8. The van der Waals surface area contributed by atoms with Gasteiger partial charge in [0, 0.05) is 31.0 Å². The van der Waals surface area contributed by atoms with Gasteiger partial charge in [-0.2, -0.15) is 5.10 Å². The summed E-state index contributed by atoms with van der Waals surface area (Å²) >= 11 is 1.45. The average molecular weight is 433 g/mol. The number of hydrogen-bond donors (Lipinski definition) is 2. The summed E-state index contributed by atoms with van der Waals surface area (Å²) in [5.41, 5.74) is 4.56. The third-order valence-electron chi connectivity index (χ3n) is 5.52. The maximum Gasteiger partial charge on any atom is 0.261 e. The summed E-state index contributed by atoms with van der Waals surface area (Å²) in [6.07, 6.45) is 3.28. The number of amides is 1. The lowest BCUT2D eigenvalue weighted by Gasteiger charge is -2.28. The van der Waals surface area contributed by atoms with Crippen molar-refractivity contribution in [3.63, 3.8) is 0 Å². The van der Waals surface area contributed by atoms with Crippen molar-refractivity contribution in [3.8, 4) is 10.6 Å². The number of nitrogens with one attached hydrogen (secondary N) is 2. The molecule has 4 aromatic rings. The lowest BCUT2D eigenvalue weighted by atomic mass is 10.2. The first kappa shape index (κ1) is 18.3. The van der Waals surface area contributed by atoms with Crippen LogP contribution in [0.1, 0.15) is 15.2 Å². The molecule has 6 rings (SSSR count). The van der Waals surface area contributed by atoms with Crippen molar-refractivity contribution < 1.29 is 9.53 Å². The minimum Gasteiger partial charge on any atom is -0.378 e. The van der Waals surface area contributed by atoms with Crippen LogP contribution in [0.4, 0.5) is 17.2 Å². The Morgan fingerprint density at radius 3 is 2.77 bits per heavy atom. The standard InChI is InChI=1S/C21H19N7O2S/c29-21-18-13(10-23-21)9-17(31-18)16-11-22-19(20-24-12-25-28(16)20)26-14-1-3-15(4-2-14)27-5-7-30-8-6-27/h1-4,9,11-12H,5-8,10H2,(H,22,26)(H,23,29). The number of anilines is 3. The smallest absolute Gasteiger partial charge is 0.261 e. The number of carbonyl (C=O) groups is 1. The van der Waals surface area contributed by atoms with E-state index >= 15 is 0 Å². The molecule has 2 aliphatic rings. The van der Waals surface area contributed by atoms with E-state index in [-0.39, 0.29) is 5.91 Å². The minimum atomic E-state index is -0.0205. The second-order valence-corrected chi connectivity index (χ2v) is 8.46. The van der Waals surface area contributed by atoms with E-state index in [0.717, 1.165) is 53.0 Å². The van der Waals surface area contributed by atoms with Crippen molar-refractivity contribution in [2.45, 2.75) is 6.54 Å². The number of nitrogens with zero attached hydrogens (tertiary/aromatic N) is 5. The number of morpholine rings is 1. The van der Waals surface area contributed by atoms with Crippen LogP contribution < -0.4 is 15.5 Å². The van der Waals surface area contributed by atoms with Crippen LogP contribution in [0.25, 0.3) is 16.2 Å². The zero-order valence-corrected chi connectivity index (χ0v) is 17.4. The topological polar surface area (TPSA) is 96.7 Å². The lowest BCUT2D eigenvalue weighted by molar-refractivity contribution is 0.0969. The highest BCUT2D eigenvalue weighted by atomic mass is 32.1. The Balaban J connectivity index is 1.29. The van der Waals surface area contributed by atoms with Gasteiger partial charge in [-0.25, -0.2) is 14.5 Å². The molecule has 5 heterocycles. The Bertz CT molecular complexity index is 1270. The van der Waals surface area contributed by atoms with E-state index in [1.54, 1.807) is 10.7 Å². The van der Waals surface area contributed by atoms with Crippen molar-refractivity contribution in [3.05, 3.63) is 53.3 Å². The van der Waals surface area contributed by atoms with Crippen molar-refractivity contribution >= 4 is 40.1 Å². The third-order valence-corrected chi connectivity index (χ3v) is 6.72. The fourth-order valence-corrected chi connectivity index (χ4v) is 5.01. The predicted molar refractivity (Wildman–Crippen MR) is 118 cm³/mol. The summed E-state index contributed by atoms with van der Waals surface area (Å²) in [4.78, 5) is 25.0. The summed E-state index contributed by atoms with van der Waals surface area (Å²) < 4.78 is 7.19. The first-order valence-corrected chi connectivity index (χ1v) is 10.9. The molecule has 9 nitrogen and oxygen atoms in total. The third kappa shape index (κ3) is 3.20. The number of fused-ring (bicyclic) bond motifs is 2. The molecule has 1 saturated heterocycles. The van der Waals surface area contributed by atoms with Crippen LogP contribution in [0.3, 0.4) is 0 Å². The Labute approximate surface area is 181 Å². The van der Waals surface area contributed by atoms with Crippen LogP contribution in [0, 0.1) is 0 Å². The fraction of sp³-hybridized carbons (Fsp3) is 0.238. The second kappa shape index (κ2) is 7.33. The van der Waals surface area contributed by atoms with Crippen molar-refractivity contribution in [1.29, 1.82) is 0 Å². The molecule has 0 bridgehead atoms. The monoisotopic (exact) mass is 433 g/mol. The maximum absolute atomic E-state index is 11.9. The van der Waals surface area contributed by atoms with Gasteiger partial charge in [-0.1, -0.05) is 0 Å². The second-order valence-electron chi connectivity index (χ2n) is 7.41. The molecule has 0 radical (unpaired) electrons. The molecule has 0 atom stereocenters. The highest BCUT2D eigenvalue weighted by Gasteiger charge is 2.24. The van der Waals surface area contributed by atoms with Gasteiger partial charge in [-0.15, -0.1) is 11.3 Å². The minimum absolute atomic E-state index is 0.0205. The fourth-order valence-electron chi connectivity index (χ4n) is 3.92. The number of carbonyl (C=O) groups excluding carboxylic acids is 1. The lowest BCUT2D eigenvalue weighted by Crippen LogP contribution is -2.36. The number of benzene rings is 1. The van der Waals surface area contributed by atoms with Crippen LogP contribution in [0.15, 0.2) is 42.9 Å². The number of aromatic nitrogens is 4. The Morgan fingerprint density at radius 1 is 1.13 bits per heavy atom. The van der Waals surface area contributed by atoms with E-state index in [9.17, 15) is 4.79 Å². The van der Waals surface area contributed by atoms with Crippen LogP contribution in [0.2, 0.25) is 0 Å². The molecule has 1 fully saturated rings. The van der Waals surface area contributed by atoms with Crippen LogP contribution in [-0.2, 0) is 11.3 Å². The van der Waals surface area contributed by atoms with Gasteiger partial charge in [0.1, 0.15) is 12.0 Å². The van der Waals surface area contributed by atoms with Crippen molar-refractivity contribution in [2.75, 3.05) is 36.5 Å². The number of hydrogen-bond acceptors (Lipinski definition) is 8. The van der Waals surface area contributed by atoms with Crippen LogP contribution in [0.5, 0.6) is 0 Å². The van der Waals surface area contributed by atoms with Crippen molar-refractivity contribution in [2.24, 2.45) is 0 Å². The molecule has 2 N–H and O–H groups in total. The van der Waals surface area contributed by atoms with E-state index in [0.29, 0.717) is 18.0 Å². The molecule has 156 valence electrons. The van der Waals surface area contributed by atoms with Gasteiger partial charge in [0.05, 0.1) is 29.2 Å². The van der Waals surface area contributed by atoms with E-state index < -0.39 is 0 Å².